The molecule has 9 nitrogen and oxygen atoms in total. The van der Waals surface area contributed by atoms with E-state index in [0.717, 1.165) is 15.7 Å². The van der Waals surface area contributed by atoms with E-state index in [1.807, 2.05) is 0 Å². The van der Waals surface area contributed by atoms with Crippen molar-refractivity contribution in [2.75, 3.05) is 6.54 Å². The van der Waals surface area contributed by atoms with Crippen LogP contribution in [-0.4, -0.2) is 42.8 Å². The molecule has 3 rings (SSSR count). The monoisotopic (exact) mass is 302 g/mol. The Labute approximate surface area is 123 Å². The van der Waals surface area contributed by atoms with E-state index in [1.54, 1.807) is 12.1 Å². The van der Waals surface area contributed by atoms with Gasteiger partial charge in [0, 0.05) is 0 Å². The van der Waals surface area contributed by atoms with Gasteiger partial charge in [0.1, 0.15) is 12.4 Å². The normalized spacial score (nSPS) is 15.0. The zero-order chi connectivity index (χ0) is 15.9. The fourth-order valence-corrected chi connectivity index (χ4v) is 2.34. The summed E-state index contributed by atoms with van der Waals surface area (Å²) in [5, 5.41) is 20.9. The average molecular weight is 302 g/mol. The van der Waals surface area contributed by atoms with Gasteiger partial charge >= 0.3 is 5.95 Å². The minimum absolute atomic E-state index is 0.250. The molecule has 2 heterocycles. The molecule has 22 heavy (non-hydrogen) atoms. The van der Waals surface area contributed by atoms with Crippen LogP contribution in [0.25, 0.3) is 0 Å². The summed E-state index contributed by atoms with van der Waals surface area (Å²) in [5.41, 5.74) is 0.500. The van der Waals surface area contributed by atoms with Crippen LogP contribution < -0.4 is 0 Å². The molecule has 2 amide bonds. The van der Waals surface area contributed by atoms with Crippen molar-refractivity contribution in [1.82, 2.24) is 14.5 Å². The lowest BCUT2D eigenvalue weighted by Gasteiger charge is -2.17. The van der Waals surface area contributed by atoms with Gasteiger partial charge in [-0.15, -0.1) is 0 Å². The maximum atomic E-state index is 12.2. The molecular formula is C13H10N4O5. The molecule has 2 aromatic rings. The van der Waals surface area contributed by atoms with Crippen molar-refractivity contribution in [1.29, 1.82) is 0 Å². The number of fused-ring (bicyclic) bond motifs is 1. The highest BCUT2D eigenvalue weighted by molar-refractivity contribution is 6.21. The largest absolute Gasteiger partial charge is 0.436 e. The summed E-state index contributed by atoms with van der Waals surface area (Å²) in [7, 11) is 0. The molecule has 1 aliphatic rings. The summed E-state index contributed by atoms with van der Waals surface area (Å²) in [6.45, 7) is -0.399. The zero-order valence-corrected chi connectivity index (χ0v) is 11.1. The third kappa shape index (κ3) is 2.04. The van der Waals surface area contributed by atoms with E-state index in [0.29, 0.717) is 0 Å². The van der Waals surface area contributed by atoms with Crippen molar-refractivity contribution in [3.63, 3.8) is 0 Å². The number of amides is 2. The van der Waals surface area contributed by atoms with E-state index < -0.39 is 35.5 Å². The van der Waals surface area contributed by atoms with Crippen LogP contribution in [0.15, 0.2) is 36.7 Å². The quantitative estimate of drug-likeness (QED) is 0.501. The summed E-state index contributed by atoms with van der Waals surface area (Å²) in [6.07, 6.45) is 0.912. The maximum absolute atomic E-state index is 12.2. The van der Waals surface area contributed by atoms with E-state index in [2.05, 4.69) is 4.98 Å². The number of β-amino-alcohol motifs (C(OH)–C–C–N with tert-alkyl or cyclic N) is 1. The van der Waals surface area contributed by atoms with Crippen molar-refractivity contribution in [2.45, 2.75) is 6.23 Å². The molecule has 1 N–H and O–H groups in total. The Kier molecular flexibility index (Phi) is 3.18. The SMILES string of the molecule is O=C1c2ccccc2C(=O)N1C[C@@H](O)n1ccnc1[N+](=O)[O-]. The molecule has 0 saturated heterocycles. The lowest BCUT2D eigenvalue weighted by Crippen LogP contribution is -2.35. The molecule has 0 fully saturated rings. The fourth-order valence-electron chi connectivity index (χ4n) is 2.34. The Morgan fingerprint density at radius 3 is 2.36 bits per heavy atom. The van der Waals surface area contributed by atoms with Crippen LogP contribution in [0.5, 0.6) is 0 Å². The molecule has 9 heteroatoms. The van der Waals surface area contributed by atoms with Crippen LogP contribution in [0.1, 0.15) is 26.9 Å². The van der Waals surface area contributed by atoms with Gasteiger partial charge in [0.25, 0.3) is 11.8 Å². The number of hydrogen-bond acceptors (Lipinski definition) is 6. The highest BCUT2D eigenvalue weighted by atomic mass is 16.6. The molecule has 0 bridgehead atoms. The van der Waals surface area contributed by atoms with Crippen LogP contribution in [0.3, 0.4) is 0 Å². The van der Waals surface area contributed by atoms with Gasteiger partial charge in [-0.3, -0.25) is 14.5 Å². The van der Waals surface area contributed by atoms with Gasteiger partial charge < -0.3 is 15.2 Å². The maximum Gasteiger partial charge on any atom is 0.436 e. The van der Waals surface area contributed by atoms with E-state index in [1.165, 1.54) is 18.3 Å². The number of nitrogens with zero attached hydrogens (tertiary/aromatic N) is 4. The van der Waals surface area contributed by atoms with Crippen molar-refractivity contribution in [3.05, 3.63) is 57.9 Å². The van der Waals surface area contributed by atoms with E-state index in [9.17, 15) is 24.8 Å². The molecule has 0 radical (unpaired) electrons. The highest BCUT2D eigenvalue weighted by Gasteiger charge is 2.37. The standard InChI is InChI=1S/C13H10N4O5/c18-10(15-6-5-14-13(15)17(21)22)7-16-11(19)8-3-1-2-4-9(8)12(16)20/h1-6,10,18H,7H2/t10-/m1/s1. The summed E-state index contributed by atoms with van der Waals surface area (Å²) in [5.74, 6) is -1.64. The van der Waals surface area contributed by atoms with Crippen LogP contribution in [-0.2, 0) is 0 Å². The number of carbonyl (C=O) groups excluding carboxylic acids is 2. The van der Waals surface area contributed by atoms with E-state index in [4.69, 9.17) is 0 Å². The molecule has 1 aromatic carbocycles. The average Bonchev–Trinajstić information content (AvgIpc) is 3.08. The van der Waals surface area contributed by atoms with Crippen molar-refractivity contribution >= 4 is 17.8 Å². The molecule has 0 saturated carbocycles. The second-order valence-corrected chi connectivity index (χ2v) is 4.64. The molecule has 1 aliphatic heterocycles. The van der Waals surface area contributed by atoms with E-state index in [-0.39, 0.29) is 11.1 Å². The first-order chi connectivity index (χ1) is 10.5. The number of aliphatic hydroxyl groups excluding tert-OH is 1. The first kappa shape index (κ1) is 13.9. The third-order valence-corrected chi connectivity index (χ3v) is 3.36. The van der Waals surface area contributed by atoms with E-state index >= 15 is 0 Å². The number of aromatic nitrogens is 2. The number of benzene rings is 1. The van der Waals surface area contributed by atoms with Gasteiger partial charge in [-0.1, -0.05) is 17.1 Å². The van der Waals surface area contributed by atoms with Crippen molar-refractivity contribution < 1.29 is 19.6 Å². The van der Waals surface area contributed by atoms with Gasteiger partial charge in [0.2, 0.25) is 0 Å². The first-order valence-electron chi connectivity index (χ1n) is 6.31. The Morgan fingerprint density at radius 2 is 1.82 bits per heavy atom. The summed E-state index contributed by atoms with van der Waals surface area (Å²) < 4.78 is 0.892. The number of carbonyl (C=O) groups is 2. The second-order valence-electron chi connectivity index (χ2n) is 4.64. The molecule has 0 spiro atoms. The summed E-state index contributed by atoms with van der Waals surface area (Å²) in [4.78, 5) is 38.7. The topological polar surface area (TPSA) is 119 Å². The smallest absolute Gasteiger partial charge is 0.390 e. The zero-order valence-electron chi connectivity index (χ0n) is 11.1. The molecular weight excluding hydrogens is 292 g/mol. The Morgan fingerprint density at radius 1 is 1.23 bits per heavy atom. The number of hydrogen-bond donors (Lipinski definition) is 1. The first-order valence-corrected chi connectivity index (χ1v) is 6.31. The summed E-state index contributed by atoms with van der Waals surface area (Å²) in [6, 6.07) is 6.29. The van der Waals surface area contributed by atoms with Crippen LogP contribution in [0.4, 0.5) is 5.95 Å². The van der Waals surface area contributed by atoms with Crippen LogP contribution in [0.2, 0.25) is 0 Å². The number of aliphatic hydroxyl groups is 1. The fraction of sp³-hybridized carbons (Fsp3) is 0.154. The highest BCUT2D eigenvalue weighted by Crippen LogP contribution is 2.24. The molecule has 0 aliphatic carbocycles. The third-order valence-electron chi connectivity index (χ3n) is 3.36. The summed E-state index contributed by atoms with van der Waals surface area (Å²) >= 11 is 0. The van der Waals surface area contributed by atoms with Crippen molar-refractivity contribution in [2.24, 2.45) is 0 Å². The molecule has 1 aromatic heterocycles. The number of nitro groups is 1. The Hall–Kier alpha value is -3.07. The Balaban J connectivity index is 1.85. The van der Waals surface area contributed by atoms with Gasteiger partial charge in [0.15, 0.2) is 6.23 Å². The predicted octanol–water partition coefficient (Wildman–Crippen LogP) is 0.578. The van der Waals surface area contributed by atoms with Gasteiger partial charge in [-0.25, -0.2) is 4.57 Å². The minimum atomic E-state index is -1.45. The van der Waals surface area contributed by atoms with Crippen molar-refractivity contribution in [3.8, 4) is 0 Å². The molecule has 0 unspecified atom stereocenters. The molecule has 112 valence electrons. The number of rotatable bonds is 4. The predicted molar refractivity (Wildman–Crippen MR) is 71.9 cm³/mol. The van der Waals surface area contributed by atoms with Crippen LogP contribution in [0, 0.1) is 10.1 Å². The lowest BCUT2D eigenvalue weighted by molar-refractivity contribution is -0.398. The number of imidazole rings is 1. The van der Waals surface area contributed by atoms with Crippen LogP contribution >= 0.6 is 0 Å². The van der Waals surface area contributed by atoms with Gasteiger partial charge in [0.05, 0.1) is 17.7 Å². The second kappa shape index (κ2) is 5.04. The van der Waals surface area contributed by atoms with Gasteiger partial charge in [-0.05, 0) is 17.1 Å². The molecule has 1 atom stereocenters. The van der Waals surface area contributed by atoms with Gasteiger partial charge in [-0.2, -0.15) is 0 Å². The Bertz CT molecular complexity index is 749. The lowest BCUT2D eigenvalue weighted by atomic mass is 10.1. The minimum Gasteiger partial charge on any atom is -0.390 e. The number of imide groups is 1.